The lowest BCUT2D eigenvalue weighted by Gasteiger charge is -2.33. The van der Waals surface area contributed by atoms with Gasteiger partial charge in [0.2, 0.25) is 5.91 Å². The molecule has 1 aliphatic rings. The number of fused-ring (bicyclic) bond motifs is 1. The van der Waals surface area contributed by atoms with Crippen molar-refractivity contribution in [1.82, 2.24) is 0 Å². The number of carbonyl (C=O) groups excluding carboxylic acids is 1. The number of amides is 1. The topological polar surface area (TPSA) is 55.6 Å². The van der Waals surface area contributed by atoms with E-state index in [1.807, 2.05) is 24.0 Å². The molecule has 2 N–H and O–H groups in total. The van der Waals surface area contributed by atoms with Crippen molar-refractivity contribution in [2.75, 3.05) is 18.6 Å². The number of benzene rings is 1. The maximum atomic E-state index is 12.7. The van der Waals surface area contributed by atoms with Gasteiger partial charge in [-0.05, 0) is 30.4 Å². The number of rotatable bonds is 4. The van der Waals surface area contributed by atoms with E-state index in [1.165, 1.54) is 5.56 Å². The van der Waals surface area contributed by atoms with Crippen molar-refractivity contribution in [1.29, 1.82) is 0 Å². The van der Waals surface area contributed by atoms with Gasteiger partial charge < -0.3 is 15.4 Å². The normalized spacial score (nSPS) is 17.3. The lowest BCUT2D eigenvalue weighted by atomic mass is 9.95. The van der Waals surface area contributed by atoms with Crippen LogP contribution in [0.25, 0.3) is 0 Å². The predicted molar refractivity (Wildman–Crippen MR) is 81.1 cm³/mol. The first kappa shape index (κ1) is 14.9. The summed E-state index contributed by atoms with van der Waals surface area (Å²) in [6.45, 7) is 4.80. The van der Waals surface area contributed by atoms with Crippen molar-refractivity contribution in [2.45, 2.75) is 39.2 Å². The van der Waals surface area contributed by atoms with Gasteiger partial charge in [-0.25, -0.2) is 0 Å². The van der Waals surface area contributed by atoms with Crippen molar-refractivity contribution >= 4 is 11.6 Å². The van der Waals surface area contributed by atoms with Crippen LogP contribution in [0, 0.1) is 5.92 Å². The Morgan fingerprint density at radius 1 is 1.50 bits per heavy atom. The van der Waals surface area contributed by atoms with E-state index in [9.17, 15) is 4.79 Å². The average Bonchev–Trinajstić information content (AvgIpc) is 2.51. The molecule has 20 heavy (non-hydrogen) atoms. The third-order valence-electron chi connectivity index (χ3n) is 4.21. The molecule has 4 nitrogen and oxygen atoms in total. The Morgan fingerprint density at radius 3 is 2.90 bits per heavy atom. The fourth-order valence-electron chi connectivity index (χ4n) is 2.68. The second-order valence-corrected chi connectivity index (χ2v) is 5.47. The monoisotopic (exact) mass is 276 g/mol. The van der Waals surface area contributed by atoms with Crippen molar-refractivity contribution in [3.05, 3.63) is 23.8 Å². The van der Waals surface area contributed by atoms with Crippen LogP contribution in [-0.4, -0.2) is 25.6 Å². The molecule has 0 saturated carbocycles. The Bertz CT molecular complexity index is 473. The molecule has 4 heteroatoms. The lowest BCUT2D eigenvalue weighted by molar-refractivity contribution is -0.121. The molecule has 0 saturated heterocycles. The first-order valence-electron chi connectivity index (χ1n) is 7.33. The summed E-state index contributed by atoms with van der Waals surface area (Å²) in [7, 11) is 1.64. The van der Waals surface area contributed by atoms with E-state index in [1.54, 1.807) is 7.11 Å². The highest BCUT2D eigenvalue weighted by molar-refractivity contribution is 5.99. The van der Waals surface area contributed by atoms with Crippen LogP contribution in [0.2, 0.25) is 0 Å². The lowest BCUT2D eigenvalue weighted by Crippen LogP contribution is -2.49. The molecule has 2 atom stereocenters. The minimum Gasteiger partial charge on any atom is -0.495 e. The molecule has 0 radical (unpaired) electrons. The molecule has 0 spiro atoms. The summed E-state index contributed by atoms with van der Waals surface area (Å²) in [5.41, 5.74) is 8.19. The number of aryl methyl sites for hydroxylation is 1. The van der Waals surface area contributed by atoms with Crippen LogP contribution in [0.5, 0.6) is 5.75 Å². The largest absolute Gasteiger partial charge is 0.495 e. The van der Waals surface area contributed by atoms with Crippen LogP contribution in [-0.2, 0) is 11.2 Å². The number of nitrogens with two attached hydrogens (primary N) is 1. The fraction of sp³-hybridized carbons (Fsp3) is 0.562. The summed E-state index contributed by atoms with van der Waals surface area (Å²) in [6.07, 6.45) is 2.85. The molecule has 0 bridgehead atoms. The third kappa shape index (κ3) is 2.66. The number of anilines is 1. The number of carbonyl (C=O) groups is 1. The zero-order valence-corrected chi connectivity index (χ0v) is 12.6. The van der Waals surface area contributed by atoms with E-state index in [-0.39, 0.29) is 11.8 Å². The second kappa shape index (κ2) is 6.27. The van der Waals surface area contributed by atoms with Crippen LogP contribution in [0.3, 0.4) is 0 Å². The van der Waals surface area contributed by atoms with Crippen molar-refractivity contribution < 1.29 is 9.53 Å². The summed E-state index contributed by atoms with van der Waals surface area (Å²) in [6, 6.07) is 5.49. The summed E-state index contributed by atoms with van der Waals surface area (Å²) in [4.78, 5) is 14.5. The van der Waals surface area contributed by atoms with Gasteiger partial charge in [0.1, 0.15) is 5.75 Å². The van der Waals surface area contributed by atoms with Crippen LogP contribution >= 0.6 is 0 Å². The van der Waals surface area contributed by atoms with E-state index in [4.69, 9.17) is 10.5 Å². The zero-order valence-electron chi connectivity index (χ0n) is 12.6. The molecule has 2 rings (SSSR count). The van der Waals surface area contributed by atoms with Gasteiger partial charge in [-0.2, -0.15) is 0 Å². The van der Waals surface area contributed by atoms with Crippen LogP contribution in [0.1, 0.15) is 32.3 Å². The van der Waals surface area contributed by atoms with Gasteiger partial charge in [-0.1, -0.05) is 32.4 Å². The molecule has 1 aliphatic heterocycles. The maximum Gasteiger partial charge on any atom is 0.244 e. The van der Waals surface area contributed by atoms with Gasteiger partial charge in [0, 0.05) is 6.54 Å². The van der Waals surface area contributed by atoms with Gasteiger partial charge in [-0.15, -0.1) is 0 Å². The van der Waals surface area contributed by atoms with E-state index in [0.29, 0.717) is 0 Å². The van der Waals surface area contributed by atoms with Crippen molar-refractivity contribution in [2.24, 2.45) is 11.7 Å². The van der Waals surface area contributed by atoms with Crippen molar-refractivity contribution in [3.63, 3.8) is 0 Å². The Hall–Kier alpha value is -1.55. The Morgan fingerprint density at radius 2 is 2.25 bits per heavy atom. The van der Waals surface area contributed by atoms with E-state index < -0.39 is 6.04 Å². The molecule has 110 valence electrons. The minimum atomic E-state index is -0.448. The molecular formula is C16H24N2O2. The first-order valence-corrected chi connectivity index (χ1v) is 7.33. The van der Waals surface area contributed by atoms with E-state index in [2.05, 4.69) is 13.0 Å². The molecule has 0 aromatic heterocycles. The number of hydrogen-bond donors (Lipinski definition) is 1. The fourth-order valence-corrected chi connectivity index (χ4v) is 2.68. The highest BCUT2D eigenvalue weighted by Crippen LogP contribution is 2.36. The highest BCUT2D eigenvalue weighted by Gasteiger charge is 2.30. The SMILES string of the molecule is CCC(C)[C@H](N)C(=O)N1CCCc2cccc(OC)c21. The second-order valence-electron chi connectivity index (χ2n) is 5.47. The Kier molecular flexibility index (Phi) is 4.65. The molecule has 0 fully saturated rings. The maximum absolute atomic E-state index is 12.7. The number of ether oxygens (including phenoxy) is 1. The molecule has 1 aromatic rings. The number of methoxy groups -OCH3 is 1. The summed E-state index contributed by atoms with van der Waals surface area (Å²) in [5.74, 6) is 0.944. The minimum absolute atomic E-state index is 0.00444. The van der Waals surface area contributed by atoms with E-state index in [0.717, 1.165) is 37.2 Å². The Balaban J connectivity index is 2.34. The number of hydrogen-bond acceptors (Lipinski definition) is 3. The van der Waals surface area contributed by atoms with Gasteiger partial charge >= 0.3 is 0 Å². The standard InChI is InChI=1S/C16H24N2O2/c1-4-11(2)14(17)16(19)18-10-6-8-12-7-5-9-13(20-3)15(12)18/h5,7,9,11,14H,4,6,8,10,17H2,1-3H3/t11?,14-/m0/s1. The highest BCUT2D eigenvalue weighted by atomic mass is 16.5. The summed E-state index contributed by atoms with van der Waals surface area (Å²) < 4.78 is 5.42. The third-order valence-corrected chi connectivity index (χ3v) is 4.21. The summed E-state index contributed by atoms with van der Waals surface area (Å²) >= 11 is 0. The first-order chi connectivity index (χ1) is 9.60. The average molecular weight is 276 g/mol. The molecular weight excluding hydrogens is 252 g/mol. The van der Waals surface area contributed by atoms with Crippen LogP contribution < -0.4 is 15.4 Å². The van der Waals surface area contributed by atoms with Gasteiger partial charge in [0.05, 0.1) is 18.8 Å². The van der Waals surface area contributed by atoms with Gasteiger partial charge in [-0.3, -0.25) is 4.79 Å². The molecule has 1 unspecified atom stereocenters. The van der Waals surface area contributed by atoms with Gasteiger partial charge in [0.25, 0.3) is 0 Å². The van der Waals surface area contributed by atoms with E-state index >= 15 is 0 Å². The molecule has 1 aromatic carbocycles. The number of nitrogens with zero attached hydrogens (tertiary/aromatic N) is 1. The number of para-hydroxylation sites is 1. The molecule has 0 aliphatic carbocycles. The molecule has 1 heterocycles. The Labute approximate surface area is 120 Å². The zero-order chi connectivity index (χ0) is 14.7. The summed E-state index contributed by atoms with van der Waals surface area (Å²) in [5, 5.41) is 0. The van der Waals surface area contributed by atoms with Gasteiger partial charge in [0.15, 0.2) is 0 Å². The van der Waals surface area contributed by atoms with Crippen LogP contribution in [0.4, 0.5) is 5.69 Å². The quantitative estimate of drug-likeness (QED) is 0.918. The predicted octanol–water partition coefficient (Wildman–Crippen LogP) is 2.35. The van der Waals surface area contributed by atoms with Crippen molar-refractivity contribution in [3.8, 4) is 5.75 Å². The smallest absolute Gasteiger partial charge is 0.244 e. The molecule has 1 amide bonds. The van der Waals surface area contributed by atoms with Crippen LogP contribution in [0.15, 0.2) is 18.2 Å².